The molecule has 2 aliphatic rings. The molecule has 134 valence electrons. The summed E-state index contributed by atoms with van der Waals surface area (Å²) in [5.74, 6) is -0.361. The highest BCUT2D eigenvalue weighted by atomic mass is 35.5. The van der Waals surface area contributed by atoms with Gasteiger partial charge >= 0.3 is 0 Å². The molecule has 3 amide bonds. The Kier molecular flexibility index (Phi) is 4.99. The fraction of sp³-hybridized carbons (Fsp3) is 0.500. The molecule has 2 heterocycles. The molecule has 0 N–H and O–H groups in total. The highest BCUT2D eigenvalue weighted by molar-refractivity contribution is 6.31. The Morgan fingerprint density at radius 2 is 1.76 bits per heavy atom. The van der Waals surface area contributed by atoms with E-state index >= 15 is 0 Å². The van der Waals surface area contributed by atoms with Gasteiger partial charge in [-0.25, -0.2) is 0 Å². The monoisotopic (exact) mass is 363 g/mol. The molecule has 3 rings (SSSR count). The lowest BCUT2D eigenvalue weighted by molar-refractivity contribution is -0.141. The van der Waals surface area contributed by atoms with Gasteiger partial charge in [-0.3, -0.25) is 14.4 Å². The van der Waals surface area contributed by atoms with Crippen LogP contribution in [0.25, 0.3) is 0 Å². The molecule has 6 nitrogen and oxygen atoms in total. The molecule has 1 atom stereocenters. The van der Waals surface area contributed by atoms with Crippen LogP contribution in [0.4, 0.5) is 5.69 Å². The van der Waals surface area contributed by atoms with Crippen molar-refractivity contribution < 1.29 is 14.4 Å². The van der Waals surface area contributed by atoms with Crippen molar-refractivity contribution in [3.05, 3.63) is 28.8 Å². The minimum Gasteiger partial charge on any atom is -0.339 e. The Labute approximate surface area is 152 Å². The van der Waals surface area contributed by atoms with Crippen LogP contribution < -0.4 is 4.90 Å². The van der Waals surface area contributed by atoms with Gasteiger partial charge in [-0.2, -0.15) is 0 Å². The van der Waals surface area contributed by atoms with Gasteiger partial charge in [0.15, 0.2) is 0 Å². The number of carbonyl (C=O) groups excluding carboxylic acids is 3. The predicted molar refractivity (Wildman–Crippen MR) is 95.5 cm³/mol. The first-order chi connectivity index (χ1) is 11.9. The molecule has 0 spiro atoms. The number of anilines is 1. The fourth-order valence-corrected chi connectivity index (χ4v) is 3.55. The van der Waals surface area contributed by atoms with Crippen LogP contribution >= 0.6 is 11.6 Å². The average molecular weight is 364 g/mol. The highest BCUT2D eigenvalue weighted by Crippen LogP contribution is 2.29. The van der Waals surface area contributed by atoms with Crippen LogP contribution in [-0.2, 0) is 14.4 Å². The third-order valence-electron chi connectivity index (χ3n) is 4.98. The summed E-state index contributed by atoms with van der Waals surface area (Å²) in [6.45, 7) is 5.99. The normalized spacial score (nSPS) is 21.0. The number of hydrogen-bond acceptors (Lipinski definition) is 3. The van der Waals surface area contributed by atoms with Crippen molar-refractivity contribution in [1.82, 2.24) is 9.80 Å². The van der Waals surface area contributed by atoms with Crippen LogP contribution in [-0.4, -0.2) is 60.2 Å². The van der Waals surface area contributed by atoms with E-state index in [1.54, 1.807) is 20.8 Å². The number of amides is 3. The van der Waals surface area contributed by atoms with E-state index < -0.39 is 0 Å². The number of aryl methyl sites for hydroxylation is 1. The van der Waals surface area contributed by atoms with E-state index in [9.17, 15) is 14.4 Å². The zero-order valence-electron chi connectivity index (χ0n) is 14.5. The molecule has 2 fully saturated rings. The van der Waals surface area contributed by atoms with Crippen LogP contribution in [0.3, 0.4) is 0 Å². The molecule has 25 heavy (non-hydrogen) atoms. The van der Waals surface area contributed by atoms with E-state index in [-0.39, 0.29) is 30.1 Å². The SMILES string of the molecule is CC(=O)N1CCN(C(=O)[C@H]2CC(=O)N(c3ccc(C)c(Cl)c3)C2)CC1. The van der Waals surface area contributed by atoms with Gasteiger partial charge < -0.3 is 14.7 Å². The van der Waals surface area contributed by atoms with E-state index in [2.05, 4.69) is 0 Å². The van der Waals surface area contributed by atoms with E-state index in [1.807, 2.05) is 19.1 Å². The third kappa shape index (κ3) is 3.63. The number of hydrogen-bond donors (Lipinski definition) is 0. The largest absolute Gasteiger partial charge is 0.339 e. The van der Waals surface area contributed by atoms with E-state index in [0.717, 1.165) is 11.3 Å². The molecule has 1 aromatic rings. The number of rotatable bonds is 2. The molecule has 0 bridgehead atoms. The summed E-state index contributed by atoms with van der Waals surface area (Å²) in [6, 6.07) is 5.51. The smallest absolute Gasteiger partial charge is 0.228 e. The summed E-state index contributed by atoms with van der Waals surface area (Å²) >= 11 is 6.15. The average Bonchev–Trinajstić information content (AvgIpc) is 2.98. The van der Waals surface area contributed by atoms with Gasteiger partial charge in [0.1, 0.15) is 0 Å². The molecular weight excluding hydrogens is 342 g/mol. The van der Waals surface area contributed by atoms with E-state index in [0.29, 0.717) is 37.7 Å². The van der Waals surface area contributed by atoms with Crippen LogP contribution in [0.2, 0.25) is 5.02 Å². The van der Waals surface area contributed by atoms with Crippen molar-refractivity contribution in [2.45, 2.75) is 20.3 Å². The highest BCUT2D eigenvalue weighted by Gasteiger charge is 2.38. The molecule has 7 heteroatoms. The second-order valence-electron chi connectivity index (χ2n) is 6.67. The molecule has 2 saturated heterocycles. The molecule has 1 aromatic carbocycles. The quantitative estimate of drug-likeness (QED) is 0.803. The van der Waals surface area contributed by atoms with Crippen molar-refractivity contribution in [2.24, 2.45) is 5.92 Å². The van der Waals surface area contributed by atoms with Crippen molar-refractivity contribution >= 4 is 35.0 Å². The Morgan fingerprint density at radius 1 is 1.12 bits per heavy atom. The summed E-state index contributed by atoms with van der Waals surface area (Å²) in [5.41, 5.74) is 1.69. The molecule has 0 saturated carbocycles. The standard InChI is InChI=1S/C18H22ClN3O3/c1-12-3-4-15(10-16(12)19)22-11-14(9-17(22)24)18(25)21-7-5-20(6-8-21)13(2)23/h3-4,10,14H,5-9,11H2,1-2H3/t14-/m0/s1. The number of benzene rings is 1. The van der Waals surface area contributed by atoms with Crippen molar-refractivity contribution in [3.63, 3.8) is 0 Å². The van der Waals surface area contributed by atoms with Gasteiger partial charge in [-0.15, -0.1) is 0 Å². The van der Waals surface area contributed by atoms with Gasteiger partial charge in [-0.05, 0) is 24.6 Å². The zero-order valence-corrected chi connectivity index (χ0v) is 15.3. The second-order valence-corrected chi connectivity index (χ2v) is 7.08. The summed E-state index contributed by atoms with van der Waals surface area (Å²) in [7, 11) is 0. The topological polar surface area (TPSA) is 60.9 Å². The van der Waals surface area contributed by atoms with Crippen molar-refractivity contribution in [3.8, 4) is 0 Å². The molecule has 0 aliphatic carbocycles. The first kappa shape index (κ1) is 17.7. The lowest BCUT2D eigenvalue weighted by Gasteiger charge is -2.35. The molecular formula is C18H22ClN3O3. The Balaban J connectivity index is 1.65. The maximum atomic E-state index is 12.7. The summed E-state index contributed by atoms with van der Waals surface area (Å²) in [5, 5.41) is 0.612. The number of piperazine rings is 1. The van der Waals surface area contributed by atoms with Gasteiger partial charge in [0.05, 0.1) is 5.92 Å². The lowest BCUT2D eigenvalue weighted by Crippen LogP contribution is -2.51. The lowest BCUT2D eigenvalue weighted by atomic mass is 10.1. The first-order valence-corrected chi connectivity index (χ1v) is 8.85. The minimum absolute atomic E-state index is 0.00254. The third-order valence-corrected chi connectivity index (χ3v) is 5.39. The Bertz CT molecular complexity index is 714. The van der Waals surface area contributed by atoms with Gasteiger partial charge in [0.2, 0.25) is 17.7 Å². The van der Waals surface area contributed by atoms with E-state index in [1.165, 1.54) is 6.92 Å². The van der Waals surface area contributed by atoms with Crippen LogP contribution in [0.5, 0.6) is 0 Å². The number of carbonyl (C=O) groups is 3. The fourth-order valence-electron chi connectivity index (χ4n) is 3.37. The summed E-state index contributed by atoms with van der Waals surface area (Å²) in [4.78, 5) is 41.6. The molecule has 0 aromatic heterocycles. The predicted octanol–water partition coefficient (Wildman–Crippen LogP) is 1.69. The summed E-state index contributed by atoms with van der Waals surface area (Å²) in [6.07, 6.45) is 0.219. The maximum absolute atomic E-state index is 12.7. The van der Waals surface area contributed by atoms with Gasteiger partial charge in [0, 0.05) is 56.8 Å². The maximum Gasteiger partial charge on any atom is 0.228 e. The zero-order chi connectivity index (χ0) is 18.1. The first-order valence-electron chi connectivity index (χ1n) is 8.47. The van der Waals surface area contributed by atoms with E-state index in [4.69, 9.17) is 11.6 Å². The number of nitrogens with zero attached hydrogens (tertiary/aromatic N) is 3. The number of halogens is 1. The second kappa shape index (κ2) is 7.04. The van der Waals surface area contributed by atoms with Crippen molar-refractivity contribution in [1.29, 1.82) is 0 Å². The Morgan fingerprint density at radius 3 is 2.36 bits per heavy atom. The summed E-state index contributed by atoms with van der Waals surface area (Å²) < 4.78 is 0. The molecule has 0 unspecified atom stereocenters. The van der Waals surface area contributed by atoms with Gasteiger partial charge in [-0.1, -0.05) is 17.7 Å². The van der Waals surface area contributed by atoms with Gasteiger partial charge in [0.25, 0.3) is 0 Å². The van der Waals surface area contributed by atoms with Crippen molar-refractivity contribution in [2.75, 3.05) is 37.6 Å². The molecule has 0 radical (unpaired) electrons. The molecule has 2 aliphatic heterocycles. The Hall–Kier alpha value is -2.08. The van der Waals surface area contributed by atoms with Crippen LogP contribution in [0.1, 0.15) is 18.9 Å². The minimum atomic E-state index is -0.337. The van der Waals surface area contributed by atoms with Crippen LogP contribution in [0, 0.1) is 12.8 Å². The van der Waals surface area contributed by atoms with Crippen LogP contribution in [0.15, 0.2) is 18.2 Å².